The van der Waals surface area contributed by atoms with Crippen molar-refractivity contribution < 1.29 is 4.74 Å². The van der Waals surface area contributed by atoms with Gasteiger partial charge in [-0.1, -0.05) is 19.1 Å². The fourth-order valence-electron chi connectivity index (χ4n) is 2.50. The minimum absolute atomic E-state index is 0.834. The highest BCUT2D eigenvalue weighted by atomic mass is 16.5. The highest BCUT2D eigenvalue weighted by Crippen LogP contribution is 2.26. The lowest BCUT2D eigenvalue weighted by Crippen LogP contribution is -2.04. The Bertz CT molecular complexity index is 545. The van der Waals surface area contributed by atoms with E-state index in [0.29, 0.717) is 0 Å². The van der Waals surface area contributed by atoms with Gasteiger partial charge in [-0.05, 0) is 23.6 Å². The van der Waals surface area contributed by atoms with Crippen molar-refractivity contribution in [2.24, 2.45) is 0 Å². The molecule has 1 aromatic heterocycles. The Hall–Kier alpha value is -1.77. The van der Waals surface area contributed by atoms with E-state index < -0.39 is 0 Å². The fraction of sp³-hybridized carbons (Fsp3) is 0.400. The maximum atomic E-state index is 5.53. The topological polar surface area (TPSA) is 27.1 Å². The number of hydrogen-bond acceptors (Lipinski definition) is 2. The number of nitrogens with zero attached hydrogens (tertiary/aromatic N) is 2. The van der Waals surface area contributed by atoms with Gasteiger partial charge in [0.15, 0.2) is 0 Å². The van der Waals surface area contributed by atoms with Gasteiger partial charge in [0, 0.05) is 31.8 Å². The molecule has 0 saturated carbocycles. The van der Waals surface area contributed by atoms with Crippen LogP contribution >= 0.6 is 0 Å². The number of benzene rings is 1. The number of imidazole rings is 1. The lowest BCUT2D eigenvalue weighted by molar-refractivity contribution is 0.357. The first kappa shape index (κ1) is 11.3. The molecule has 0 spiro atoms. The average Bonchev–Trinajstić information content (AvgIpc) is 3.04. The highest BCUT2D eigenvalue weighted by Gasteiger charge is 2.11. The largest absolute Gasteiger partial charge is 0.493 e. The van der Waals surface area contributed by atoms with Gasteiger partial charge in [-0.3, -0.25) is 0 Å². The van der Waals surface area contributed by atoms with Gasteiger partial charge < -0.3 is 9.30 Å². The molecule has 0 radical (unpaired) electrons. The summed E-state index contributed by atoms with van der Waals surface area (Å²) in [6.07, 6.45) is 7.04. The van der Waals surface area contributed by atoms with Crippen molar-refractivity contribution in [1.82, 2.24) is 9.55 Å². The summed E-state index contributed by atoms with van der Waals surface area (Å²) < 4.78 is 7.76. The summed E-state index contributed by atoms with van der Waals surface area (Å²) in [4.78, 5) is 4.35. The number of ether oxygens (including phenoxy) is 1. The molecule has 2 heterocycles. The van der Waals surface area contributed by atoms with Crippen molar-refractivity contribution >= 4 is 0 Å². The van der Waals surface area contributed by atoms with Gasteiger partial charge in [-0.15, -0.1) is 0 Å². The van der Waals surface area contributed by atoms with E-state index in [1.807, 2.05) is 6.20 Å². The lowest BCUT2D eigenvalue weighted by atomic mass is 10.1. The standard InChI is InChI=1S/C15H18N2O/c1-2-15-16-7-9-17(15)8-5-12-3-4-14-13(11-12)6-10-18-14/h3-4,7,9,11H,2,5-6,8,10H2,1H3. The van der Waals surface area contributed by atoms with Crippen LogP contribution in [0.2, 0.25) is 0 Å². The Labute approximate surface area is 107 Å². The molecule has 0 N–H and O–H groups in total. The molecule has 18 heavy (non-hydrogen) atoms. The minimum atomic E-state index is 0.834. The smallest absolute Gasteiger partial charge is 0.122 e. The van der Waals surface area contributed by atoms with Crippen LogP contribution in [0.25, 0.3) is 0 Å². The van der Waals surface area contributed by atoms with Crippen LogP contribution in [0.15, 0.2) is 30.6 Å². The minimum Gasteiger partial charge on any atom is -0.493 e. The Morgan fingerprint density at radius 1 is 1.39 bits per heavy atom. The molecule has 1 aliphatic rings. The van der Waals surface area contributed by atoms with E-state index in [2.05, 4.69) is 40.9 Å². The van der Waals surface area contributed by atoms with Crippen molar-refractivity contribution in [1.29, 1.82) is 0 Å². The zero-order valence-electron chi connectivity index (χ0n) is 10.7. The monoisotopic (exact) mass is 242 g/mol. The second kappa shape index (κ2) is 4.84. The van der Waals surface area contributed by atoms with E-state index in [1.54, 1.807) is 0 Å². The highest BCUT2D eigenvalue weighted by molar-refractivity contribution is 5.39. The third-order valence-electron chi connectivity index (χ3n) is 3.51. The van der Waals surface area contributed by atoms with Crippen molar-refractivity contribution in [3.63, 3.8) is 0 Å². The summed E-state index contributed by atoms with van der Waals surface area (Å²) in [5.41, 5.74) is 2.74. The average molecular weight is 242 g/mol. The summed E-state index contributed by atoms with van der Waals surface area (Å²) in [7, 11) is 0. The SMILES string of the molecule is CCc1nccn1CCc1ccc2c(c1)CCO2. The number of aryl methyl sites for hydroxylation is 3. The second-order valence-electron chi connectivity index (χ2n) is 4.68. The maximum absolute atomic E-state index is 5.53. The Morgan fingerprint density at radius 2 is 2.33 bits per heavy atom. The van der Waals surface area contributed by atoms with E-state index in [-0.39, 0.29) is 0 Å². The predicted octanol–water partition coefficient (Wildman–Crippen LogP) is 2.62. The summed E-state index contributed by atoms with van der Waals surface area (Å²) in [6.45, 7) is 3.98. The first-order chi connectivity index (χ1) is 8.86. The summed E-state index contributed by atoms with van der Waals surface area (Å²) in [5.74, 6) is 2.23. The molecule has 0 unspecified atom stereocenters. The van der Waals surface area contributed by atoms with Crippen LogP contribution in [0.5, 0.6) is 5.75 Å². The number of rotatable bonds is 4. The van der Waals surface area contributed by atoms with Crippen molar-refractivity contribution in [2.75, 3.05) is 6.61 Å². The Balaban J connectivity index is 1.70. The molecule has 1 aliphatic heterocycles. The molecule has 3 nitrogen and oxygen atoms in total. The van der Waals surface area contributed by atoms with Gasteiger partial charge in [0.2, 0.25) is 0 Å². The van der Waals surface area contributed by atoms with Gasteiger partial charge in [0.25, 0.3) is 0 Å². The quantitative estimate of drug-likeness (QED) is 0.824. The normalized spacial score (nSPS) is 13.4. The van der Waals surface area contributed by atoms with Crippen molar-refractivity contribution in [3.05, 3.63) is 47.5 Å². The molecule has 0 bridgehead atoms. The van der Waals surface area contributed by atoms with E-state index >= 15 is 0 Å². The molecular weight excluding hydrogens is 224 g/mol. The molecule has 0 amide bonds. The molecule has 3 heteroatoms. The molecule has 2 aromatic rings. The third-order valence-corrected chi connectivity index (χ3v) is 3.51. The van der Waals surface area contributed by atoms with Crippen LogP contribution in [-0.2, 0) is 25.8 Å². The molecule has 0 fully saturated rings. The van der Waals surface area contributed by atoms with Crippen molar-refractivity contribution in [2.45, 2.75) is 32.7 Å². The zero-order valence-corrected chi connectivity index (χ0v) is 10.7. The summed E-state index contributed by atoms with van der Waals surface area (Å²) in [5, 5.41) is 0. The molecule has 3 rings (SSSR count). The molecule has 0 saturated heterocycles. The van der Waals surface area contributed by atoms with Crippen LogP contribution in [0.4, 0.5) is 0 Å². The molecule has 0 aliphatic carbocycles. The molecular formula is C15H18N2O. The molecule has 0 atom stereocenters. The third kappa shape index (κ3) is 2.13. The number of fused-ring (bicyclic) bond motifs is 1. The van der Waals surface area contributed by atoms with E-state index in [1.165, 1.54) is 17.0 Å². The van der Waals surface area contributed by atoms with Crippen molar-refractivity contribution in [3.8, 4) is 5.75 Å². The zero-order chi connectivity index (χ0) is 12.4. The van der Waals surface area contributed by atoms with Gasteiger partial charge >= 0.3 is 0 Å². The fourth-order valence-corrected chi connectivity index (χ4v) is 2.50. The summed E-state index contributed by atoms with van der Waals surface area (Å²) in [6, 6.07) is 6.56. The van der Waals surface area contributed by atoms with Gasteiger partial charge in [0.1, 0.15) is 11.6 Å². The second-order valence-corrected chi connectivity index (χ2v) is 4.68. The van der Waals surface area contributed by atoms with Gasteiger partial charge in [-0.25, -0.2) is 4.98 Å². The number of aromatic nitrogens is 2. The van der Waals surface area contributed by atoms with E-state index in [4.69, 9.17) is 4.74 Å². The van der Waals surface area contributed by atoms with Crippen LogP contribution in [0.3, 0.4) is 0 Å². The van der Waals surface area contributed by atoms with E-state index in [0.717, 1.165) is 38.2 Å². The molecule has 94 valence electrons. The van der Waals surface area contributed by atoms with E-state index in [9.17, 15) is 0 Å². The lowest BCUT2D eigenvalue weighted by Gasteiger charge is -2.07. The van der Waals surface area contributed by atoms with Crippen LogP contribution in [0, 0.1) is 0 Å². The molecule has 1 aromatic carbocycles. The first-order valence-corrected chi connectivity index (χ1v) is 6.61. The van der Waals surface area contributed by atoms with Crippen LogP contribution in [-0.4, -0.2) is 16.2 Å². The predicted molar refractivity (Wildman–Crippen MR) is 71.0 cm³/mol. The van der Waals surface area contributed by atoms with Crippen LogP contribution < -0.4 is 4.74 Å². The maximum Gasteiger partial charge on any atom is 0.122 e. The Morgan fingerprint density at radius 3 is 3.22 bits per heavy atom. The van der Waals surface area contributed by atoms with Gasteiger partial charge in [-0.2, -0.15) is 0 Å². The number of hydrogen-bond donors (Lipinski definition) is 0. The first-order valence-electron chi connectivity index (χ1n) is 6.61. The Kier molecular flexibility index (Phi) is 3.05. The summed E-state index contributed by atoms with van der Waals surface area (Å²) >= 11 is 0. The van der Waals surface area contributed by atoms with Crippen LogP contribution in [0.1, 0.15) is 23.9 Å². The van der Waals surface area contributed by atoms with Gasteiger partial charge in [0.05, 0.1) is 6.61 Å².